The molecule has 0 aliphatic carbocycles. The van der Waals surface area contributed by atoms with E-state index in [-0.39, 0.29) is 18.2 Å². The van der Waals surface area contributed by atoms with Crippen molar-refractivity contribution in [2.45, 2.75) is 6.61 Å². The van der Waals surface area contributed by atoms with Gasteiger partial charge in [0.05, 0.1) is 5.52 Å². The standard InChI is InChI=1S/C16H13F2NO/c1-19-9-11(14-6-3-7-15(18)16(14)19)10-20-13-5-2-4-12(17)8-13/h2-9H,10H2,1H3. The molecule has 4 heteroatoms. The zero-order chi connectivity index (χ0) is 14.1. The number of aromatic nitrogens is 1. The van der Waals surface area contributed by atoms with Gasteiger partial charge in [0.2, 0.25) is 0 Å². The molecule has 0 saturated carbocycles. The molecule has 0 saturated heterocycles. The molecule has 0 N–H and O–H groups in total. The second-order valence-corrected chi connectivity index (χ2v) is 4.65. The first kappa shape index (κ1) is 12.7. The smallest absolute Gasteiger partial charge is 0.147 e. The van der Waals surface area contributed by atoms with E-state index in [4.69, 9.17) is 4.74 Å². The summed E-state index contributed by atoms with van der Waals surface area (Å²) in [6.07, 6.45) is 1.83. The number of rotatable bonds is 3. The Morgan fingerprint density at radius 1 is 1.10 bits per heavy atom. The average Bonchev–Trinajstić information content (AvgIpc) is 2.75. The van der Waals surface area contributed by atoms with Crippen molar-refractivity contribution in [3.8, 4) is 5.75 Å². The van der Waals surface area contributed by atoms with E-state index in [1.54, 1.807) is 29.8 Å². The molecule has 0 spiro atoms. The normalized spacial score (nSPS) is 10.9. The lowest BCUT2D eigenvalue weighted by atomic mass is 10.2. The zero-order valence-electron chi connectivity index (χ0n) is 10.9. The Morgan fingerprint density at radius 2 is 1.90 bits per heavy atom. The van der Waals surface area contributed by atoms with Crippen LogP contribution in [0.25, 0.3) is 10.9 Å². The van der Waals surface area contributed by atoms with Gasteiger partial charge in [-0.15, -0.1) is 0 Å². The maximum atomic E-state index is 13.8. The molecule has 102 valence electrons. The van der Waals surface area contributed by atoms with E-state index < -0.39 is 0 Å². The summed E-state index contributed by atoms with van der Waals surface area (Å²) in [5.41, 5.74) is 1.41. The van der Waals surface area contributed by atoms with E-state index in [9.17, 15) is 8.78 Å². The maximum Gasteiger partial charge on any atom is 0.147 e. The van der Waals surface area contributed by atoms with Gasteiger partial charge in [-0.1, -0.05) is 18.2 Å². The van der Waals surface area contributed by atoms with Crippen molar-refractivity contribution in [2.24, 2.45) is 7.05 Å². The monoisotopic (exact) mass is 273 g/mol. The largest absolute Gasteiger partial charge is 0.489 e. The van der Waals surface area contributed by atoms with Gasteiger partial charge in [0.1, 0.15) is 24.0 Å². The zero-order valence-corrected chi connectivity index (χ0v) is 10.9. The lowest BCUT2D eigenvalue weighted by molar-refractivity contribution is 0.306. The molecule has 0 atom stereocenters. The minimum Gasteiger partial charge on any atom is -0.489 e. The molecule has 1 heterocycles. The first-order valence-electron chi connectivity index (χ1n) is 6.26. The predicted molar refractivity (Wildman–Crippen MR) is 73.6 cm³/mol. The Balaban J connectivity index is 1.90. The second-order valence-electron chi connectivity index (χ2n) is 4.65. The van der Waals surface area contributed by atoms with Gasteiger partial charge in [-0.25, -0.2) is 8.78 Å². The molecule has 2 nitrogen and oxygen atoms in total. The number of aryl methyl sites for hydroxylation is 1. The van der Waals surface area contributed by atoms with E-state index in [0.29, 0.717) is 11.3 Å². The molecular weight excluding hydrogens is 260 g/mol. The van der Waals surface area contributed by atoms with Crippen LogP contribution in [0.2, 0.25) is 0 Å². The predicted octanol–water partition coefficient (Wildman–Crippen LogP) is 4.04. The van der Waals surface area contributed by atoms with Crippen LogP contribution in [0.4, 0.5) is 8.78 Å². The fraction of sp³-hybridized carbons (Fsp3) is 0.125. The molecule has 0 unspecified atom stereocenters. The Labute approximate surface area is 115 Å². The first-order valence-corrected chi connectivity index (χ1v) is 6.26. The highest BCUT2D eigenvalue weighted by atomic mass is 19.1. The third kappa shape index (κ3) is 2.25. The van der Waals surface area contributed by atoms with Gasteiger partial charge in [-0.05, 0) is 18.2 Å². The highest BCUT2D eigenvalue weighted by molar-refractivity contribution is 5.84. The van der Waals surface area contributed by atoms with Gasteiger partial charge in [-0.2, -0.15) is 0 Å². The van der Waals surface area contributed by atoms with Crippen LogP contribution in [0, 0.1) is 11.6 Å². The maximum absolute atomic E-state index is 13.8. The van der Waals surface area contributed by atoms with Gasteiger partial charge in [0, 0.05) is 30.3 Å². The van der Waals surface area contributed by atoms with Crippen molar-refractivity contribution < 1.29 is 13.5 Å². The van der Waals surface area contributed by atoms with E-state index in [1.165, 1.54) is 18.2 Å². The van der Waals surface area contributed by atoms with Crippen LogP contribution < -0.4 is 4.74 Å². The first-order chi connectivity index (χ1) is 9.65. The van der Waals surface area contributed by atoms with Crippen molar-refractivity contribution in [1.29, 1.82) is 0 Å². The summed E-state index contributed by atoms with van der Waals surface area (Å²) in [7, 11) is 1.79. The van der Waals surface area contributed by atoms with Gasteiger partial charge in [0.15, 0.2) is 0 Å². The molecule has 3 aromatic rings. The fourth-order valence-corrected chi connectivity index (χ4v) is 2.33. The Bertz CT molecular complexity index is 764. The molecule has 0 amide bonds. The summed E-state index contributed by atoms with van der Waals surface area (Å²) in [6.45, 7) is 0.268. The topological polar surface area (TPSA) is 14.2 Å². The number of halogens is 2. The third-order valence-electron chi connectivity index (χ3n) is 3.23. The quantitative estimate of drug-likeness (QED) is 0.702. The average molecular weight is 273 g/mol. The number of ether oxygens (including phenoxy) is 1. The molecule has 0 fully saturated rings. The number of nitrogens with zero attached hydrogens (tertiary/aromatic N) is 1. The summed E-state index contributed by atoms with van der Waals surface area (Å²) in [6, 6.07) is 10.9. The van der Waals surface area contributed by atoms with E-state index in [2.05, 4.69) is 0 Å². The highest BCUT2D eigenvalue weighted by Gasteiger charge is 2.10. The van der Waals surface area contributed by atoms with Crippen molar-refractivity contribution in [2.75, 3.05) is 0 Å². The minimum absolute atomic E-state index is 0.262. The molecule has 0 bridgehead atoms. The number of hydrogen-bond donors (Lipinski definition) is 0. The summed E-state index contributed by atoms with van der Waals surface area (Å²) in [5.74, 6) is -0.146. The molecule has 1 aromatic heterocycles. The summed E-state index contributed by atoms with van der Waals surface area (Å²) < 4.78 is 34.1. The number of para-hydroxylation sites is 1. The molecule has 0 radical (unpaired) electrons. The molecule has 0 aliphatic heterocycles. The van der Waals surface area contributed by atoms with Crippen LogP contribution in [-0.4, -0.2) is 4.57 Å². The second kappa shape index (κ2) is 4.96. The molecule has 0 aliphatic rings. The Hall–Kier alpha value is -2.36. The van der Waals surface area contributed by atoms with Gasteiger partial charge in [0.25, 0.3) is 0 Å². The SMILES string of the molecule is Cn1cc(COc2cccc(F)c2)c2cccc(F)c21. The van der Waals surface area contributed by atoms with Crippen molar-refractivity contribution >= 4 is 10.9 Å². The van der Waals surface area contributed by atoms with Crippen LogP contribution in [0.3, 0.4) is 0 Å². The lowest BCUT2D eigenvalue weighted by Crippen LogP contribution is -1.94. The van der Waals surface area contributed by atoms with Crippen molar-refractivity contribution in [3.05, 3.63) is 65.9 Å². The summed E-state index contributed by atoms with van der Waals surface area (Å²) >= 11 is 0. The van der Waals surface area contributed by atoms with Crippen molar-refractivity contribution in [3.63, 3.8) is 0 Å². The van der Waals surface area contributed by atoms with Crippen LogP contribution in [-0.2, 0) is 13.7 Å². The van der Waals surface area contributed by atoms with E-state index in [0.717, 1.165) is 10.9 Å². The molecule has 3 rings (SSSR count). The van der Waals surface area contributed by atoms with E-state index in [1.807, 2.05) is 12.3 Å². The number of hydrogen-bond acceptors (Lipinski definition) is 1. The van der Waals surface area contributed by atoms with Crippen LogP contribution in [0.15, 0.2) is 48.7 Å². The third-order valence-corrected chi connectivity index (χ3v) is 3.23. The van der Waals surface area contributed by atoms with E-state index >= 15 is 0 Å². The number of fused-ring (bicyclic) bond motifs is 1. The summed E-state index contributed by atoms with van der Waals surface area (Å²) in [4.78, 5) is 0. The minimum atomic E-state index is -0.341. The molecule has 20 heavy (non-hydrogen) atoms. The summed E-state index contributed by atoms with van der Waals surface area (Å²) in [5, 5.41) is 0.809. The lowest BCUT2D eigenvalue weighted by Gasteiger charge is -2.05. The van der Waals surface area contributed by atoms with Crippen LogP contribution in [0.5, 0.6) is 5.75 Å². The fourth-order valence-electron chi connectivity index (χ4n) is 2.33. The van der Waals surface area contributed by atoms with Gasteiger partial charge in [-0.3, -0.25) is 0 Å². The molecular formula is C16H13F2NO. The van der Waals surface area contributed by atoms with Crippen molar-refractivity contribution in [1.82, 2.24) is 4.57 Å². The molecule has 2 aromatic carbocycles. The Kier molecular flexibility index (Phi) is 3.14. The Morgan fingerprint density at radius 3 is 2.70 bits per heavy atom. The van der Waals surface area contributed by atoms with Crippen LogP contribution >= 0.6 is 0 Å². The van der Waals surface area contributed by atoms with Gasteiger partial charge < -0.3 is 9.30 Å². The number of benzene rings is 2. The highest BCUT2D eigenvalue weighted by Crippen LogP contribution is 2.24. The van der Waals surface area contributed by atoms with Gasteiger partial charge >= 0.3 is 0 Å². The van der Waals surface area contributed by atoms with Crippen LogP contribution in [0.1, 0.15) is 5.56 Å².